The van der Waals surface area contributed by atoms with Crippen LogP contribution in [0.15, 0.2) is 42.5 Å². The maximum Gasteiger partial charge on any atom is 0.264 e. The Morgan fingerprint density at radius 1 is 1.17 bits per heavy atom. The predicted octanol–water partition coefficient (Wildman–Crippen LogP) is 1.94. The number of hydrogen-bond acceptors (Lipinski definition) is 3. The summed E-state index contributed by atoms with van der Waals surface area (Å²) in [6.45, 7) is 0.0371. The molecule has 0 radical (unpaired) electrons. The number of carbonyl (C=O) groups is 2. The lowest BCUT2D eigenvalue weighted by molar-refractivity contribution is -0.120. The van der Waals surface area contributed by atoms with Crippen molar-refractivity contribution in [1.29, 1.82) is 0 Å². The minimum atomic E-state index is -0.123. The second-order valence-electron chi connectivity index (χ2n) is 6.27. The topological polar surface area (TPSA) is 58.6 Å². The van der Waals surface area contributed by atoms with Crippen molar-refractivity contribution in [2.24, 2.45) is 0 Å². The van der Waals surface area contributed by atoms with Crippen molar-refractivity contribution >= 4 is 17.5 Å². The number of benzene rings is 2. The normalized spacial score (nSPS) is 16.4. The highest BCUT2D eigenvalue weighted by atomic mass is 16.5. The molecule has 0 fully saturated rings. The summed E-state index contributed by atoms with van der Waals surface area (Å²) in [6.07, 6.45) is 1.71. The average molecular weight is 322 g/mol. The molecule has 1 aliphatic heterocycles. The quantitative estimate of drug-likeness (QED) is 0.919. The molecule has 2 aromatic rings. The highest BCUT2D eigenvalue weighted by molar-refractivity contribution is 6.01. The standard InChI is InChI=1S/C19H18N2O3/c1-21-16-10-14(6-7-17(16)24-11-18(21)22)19(23)20-15-8-12-4-2-3-5-13(12)9-15/h2-7,10,15H,8-9,11H2,1H3,(H,20,23). The van der Waals surface area contributed by atoms with Crippen molar-refractivity contribution in [3.63, 3.8) is 0 Å². The van der Waals surface area contributed by atoms with Gasteiger partial charge in [-0.3, -0.25) is 9.59 Å². The fraction of sp³-hybridized carbons (Fsp3) is 0.263. The van der Waals surface area contributed by atoms with E-state index >= 15 is 0 Å². The van der Waals surface area contributed by atoms with Crippen molar-refractivity contribution in [3.8, 4) is 5.75 Å². The van der Waals surface area contributed by atoms with Gasteiger partial charge >= 0.3 is 0 Å². The number of carbonyl (C=O) groups excluding carboxylic acids is 2. The third kappa shape index (κ3) is 2.52. The van der Waals surface area contributed by atoms with Gasteiger partial charge in [-0.2, -0.15) is 0 Å². The van der Waals surface area contributed by atoms with Crippen molar-refractivity contribution in [2.45, 2.75) is 18.9 Å². The molecule has 0 aromatic heterocycles. The van der Waals surface area contributed by atoms with Gasteiger partial charge in [-0.05, 0) is 42.2 Å². The molecular weight excluding hydrogens is 304 g/mol. The molecule has 0 atom stereocenters. The zero-order chi connectivity index (χ0) is 16.7. The maximum atomic E-state index is 12.6. The molecule has 1 N–H and O–H groups in total. The second-order valence-corrected chi connectivity index (χ2v) is 6.27. The van der Waals surface area contributed by atoms with E-state index in [1.54, 1.807) is 25.2 Å². The second kappa shape index (κ2) is 5.67. The molecule has 4 rings (SSSR count). The number of nitrogens with one attached hydrogen (secondary N) is 1. The summed E-state index contributed by atoms with van der Waals surface area (Å²) in [5, 5.41) is 3.09. The SMILES string of the molecule is CN1C(=O)COc2ccc(C(=O)NC3Cc4ccccc4C3)cc21. The van der Waals surface area contributed by atoms with Crippen molar-refractivity contribution in [2.75, 3.05) is 18.6 Å². The Morgan fingerprint density at radius 2 is 1.88 bits per heavy atom. The zero-order valence-electron chi connectivity index (χ0n) is 13.4. The van der Waals surface area contributed by atoms with E-state index in [2.05, 4.69) is 17.4 Å². The third-order valence-electron chi connectivity index (χ3n) is 4.69. The van der Waals surface area contributed by atoms with E-state index in [1.807, 2.05) is 12.1 Å². The molecule has 2 aromatic carbocycles. The van der Waals surface area contributed by atoms with Crippen LogP contribution >= 0.6 is 0 Å². The first-order valence-electron chi connectivity index (χ1n) is 8.03. The Hall–Kier alpha value is -2.82. The molecule has 0 saturated heterocycles. The molecule has 0 bridgehead atoms. The van der Waals surface area contributed by atoms with Crippen LogP contribution in [0.1, 0.15) is 21.5 Å². The van der Waals surface area contributed by atoms with Crippen LogP contribution in [0.2, 0.25) is 0 Å². The molecule has 1 aliphatic carbocycles. The van der Waals surface area contributed by atoms with Crippen LogP contribution in [0.4, 0.5) is 5.69 Å². The Labute approximate surface area is 140 Å². The van der Waals surface area contributed by atoms with Gasteiger partial charge in [-0.25, -0.2) is 0 Å². The Kier molecular flexibility index (Phi) is 3.49. The molecule has 0 unspecified atom stereocenters. The highest BCUT2D eigenvalue weighted by Gasteiger charge is 2.25. The van der Waals surface area contributed by atoms with Gasteiger partial charge in [-0.15, -0.1) is 0 Å². The van der Waals surface area contributed by atoms with Gasteiger partial charge in [0.1, 0.15) is 5.75 Å². The molecule has 24 heavy (non-hydrogen) atoms. The van der Waals surface area contributed by atoms with Crippen molar-refractivity contribution in [1.82, 2.24) is 5.32 Å². The minimum absolute atomic E-state index is 0.0371. The van der Waals surface area contributed by atoms with Gasteiger partial charge in [0.25, 0.3) is 11.8 Å². The molecular formula is C19H18N2O3. The Morgan fingerprint density at radius 3 is 2.58 bits per heavy atom. The van der Waals surface area contributed by atoms with E-state index in [4.69, 9.17) is 4.74 Å². The fourth-order valence-electron chi connectivity index (χ4n) is 3.34. The van der Waals surface area contributed by atoms with Gasteiger partial charge in [0.05, 0.1) is 5.69 Å². The van der Waals surface area contributed by atoms with Gasteiger partial charge in [0.2, 0.25) is 0 Å². The van der Waals surface area contributed by atoms with Gasteiger partial charge in [0, 0.05) is 18.7 Å². The summed E-state index contributed by atoms with van der Waals surface area (Å²) >= 11 is 0. The summed E-state index contributed by atoms with van der Waals surface area (Å²) in [5.41, 5.74) is 3.77. The van der Waals surface area contributed by atoms with Crippen LogP contribution in [0, 0.1) is 0 Å². The fourth-order valence-corrected chi connectivity index (χ4v) is 3.34. The number of hydrogen-bond donors (Lipinski definition) is 1. The first-order chi connectivity index (χ1) is 11.6. The van der Waals surface area contributed by atoms with Crippen LogP contribution in [0.25, 0.3) is 0 Å². The Balaban J connectivity index is 1.51. The Bertz CT molecular complexity index is 806. The number of fused-ring (bicyclic) bond motifs is 2. The maximum absolute atomic E-state index is 12.6. The molecule has 0 saturated carbocycles. The number of likely N-dealkylation sites (N-methyl/N-ethyl adjacent to an activating group) is 1. The smallest absolute Gasteiger partial charge is 0.264 e. The lowest BCUT2D eigenvalue weighted by Gasteiger charge is -2.26. The molecule has 0 spiro atoms. The van der Waals surface area contributed by atoms with Crippen LogP contribution in [-0.2, 0) is 17.6 Å². The van der Waals surface area contributed by atoms with E-state index in [0.717, 1.165) is 12.8 Å². The lowest BCUT2D eigenvalue weighted by atomic mass is 10.1. The molecule has 5 nitrogen and oxygen atoms in total. The molecule has 1 heterocycles. The highest BCUT2D eigenvalue weighted by Crippen LogP contribution is 2.32. The number of nitrogens with zero attached hydrogens (tertiary/aromatic N) is 1. The van der Waals surface area contributed by atoms with Gasteiger partial charge < -0.3 is 15.0 Å². The summed E-state index contributed by atoms with van der Waals surface area (Å²) in [4.78, 5) is 25.8. The first-order valence-corrected chi connectivity index (χ1v) is 8.03. The summed E-state index contributed by atoms with van der Waals surface area (Å²) in [7, 11) is 1.69. The average Bonchev–Trinajstić information content (AvgIpc) is 3.00. The molecule has 122 valence electrons. The van der Waals surface area contributed by atoms with E-state index in [1.165, 1.54) is 16.0 Å². The van der Waals surface area contributed by atoms with Crippen molar-refractivity contribution < 1.29 is 14.3 Å². The first kappa shape index (κ1) is 14.8. The molecule has 2 amide bonds. The largest absolute Gasteiger partial charge is 0.482 e. The third-order valence-corrected chi connectivity index (χ3v) is 4.69. The number of anilines is 1. The number of ether oxygens (including phenoxy) is 1. The lowest BCUT2D eigenvalue weighted by Crippen LogP contribution is -2.37. The van der Waals surface area contributed by atoms with Crippen LogP contribution in [-0.4, -0.2) is 31.5 Å². The van der Waals surface area contributed by atoms with Crippen molar-refractivity contribution in [3.05, 3.63) is 59.2 Å². The number of rotatable bonds is 2. The zero-order valence-corrected chi connectivity index (χ0v) is 13.4. The molecule has 2 aliphatic rings. The van der Waals surface area contributed by atoms with Crippen LogP contribution in [0.3, 0.4) is 0 Å². The van der Waals surface area contributed by atoms with Crippen LogP contribution < -0.4 is 15.0 Å². The summed E-state index contributed by atoms with van der Waals surface area (Å²) < 4.78 is 5.39. The summed E-state index contributed by atoms with van der Waals surface area (Å²) in [5.74, 6) is 0.384. The number of amides is 2. The molecule has 5 heteroatoms. The van der Waals surface area contributed by atoms with E-state index < -0.39 is 0 Å². The van der Waals surface area contributed by atoms with Gasteiger partial charge in [0.15, 0.2) is 6.61 Å². The van der Waals surface area contributed by atoms with Gasteiger partial charge in [-0.1, -0.05) is 24.3 Å². The predicted molar refractivity (Wildman–Crippen MR) is 90.5 cm³/mol. The van der Waals surface area contributed by atoms with E-state index in [0.29, 0.717) is 17.0 Å². The minimum Gasteiger partial charge on any atom is -0.482 e. The van der Waals surface area contributed by atoms with E-state index in [9.17, 15) is 9.59 Å². The van der Waals surface area contributed by atoms with Crippen LogP contribution in [0.5, 0.6) is 5.75 Å². The monoisotopic (exact) mass is 322 g/mol. The van der Waals surface area contributed by atoms with E-state index in [-0.39, 0.29) is 24.5 Å². The summed E-state index contributed by atoms with van der Waals surface area (Å²) in [6, 6.07) is 13.6.